The Balaban J connectivity index is 1.47. The molecule has 8 heteroatoms. The van der Waals surface area contributed by atoms with Gasteiger partial charge in [0, 0.05) is 13.8 Å². The van der Waals surface area contributed by atoms with Crippen molar-refractivity contribution in [3.8, 4) is 11.5 Å². The molecule has 0 bridgehead atoms. The van der Waals surface area contributed by atoms with E-state index in [4.69, 9.17) is 18.9 Å². The fourth-order valence-electron chi connectivity index (χ4n) is 8.09. The number of hydrogen-bond acceptors (Lipinski definition) is 8. The molecule has 0 N–H and O–H groups in total. The minimum Gasteiger partial charge on any atom is -0.462 e. The van der Waals surface area contributed by atoms with Gasteiger partial charge in [0.1, 0.15) is 11.5 Å². The Hall–Kier alpha value is -4.46. The van der Waals surface area contributed by atoms with Crippen LogP contribution in [0.1, 0.15) is 212 Å². The third kappa shape index (κ3) is 22.1. The SMILES string of the molecule is CCCCCCCCc1c(CCCCCC)ccc(CCCCCCCCOC(=O)c2ccc(OC(C)=O)cc2)c1CCCCCCCCOC(=O)c1ccc(OC(C)=O)cc1. The van der Waals surface area contributed by atoms with Crippen molar-refractivity contribution in [1.82, 2.24) is 0 Å². The van der Waals surface area contributed by atoms with Gasteiger partial charge in [-0.25, -0.2) is 9.59 Å². The summed E-state index contributed by atoms with van der Waals surface area (Å²) in [5, 5.41) is 0. The van der Waals surface area contributed by atoms with Crippen LogP contribution in [0.4, 0.5) is 0 Å². The molecule has 0 spiro atoms. The molecule has 0 saturated heterocycles. The van der Waals surface area contributed by atoms with E-state index in [1.54, 1.807) is 70.8 Å². The van der Waals surface area contributed by atoms with E-state index in [1.807, 2.05) is 0 Å². The largest absolute Gasteiger partial charge is 0.462 e. The van der Waals surface area contributed by atoms with Gasteiger partial charge in [-0.05, 0) is 135 Å². The molecule has 3 aromatic carbocycles. The van der Waals surface area contributed by atoms with Crippen molar-refractivity contribution in [3.63, 3.8) is 0 Å². The average molecular weight is 855 g/mol. The van der Waals surface area contributed by atoms with Gasteiger partial charge < -0.3 is 18.9 Å². The second-order valence-corrected chi connectivity index (χ2v) is 16.9. The topological polar surface area (TPSA) is 105 Å². The van der Waals surface area contributed by atoms with Crippen molar-refractivity contribution in [2.75, 3.05) is 13.2 Å². The Morgan fingerprint density at radius 3 is 1.03 bits per heavy atom. The van der Waals surface area contributed by atoms with Crippen LogP contribution < -0.4 is 9.47 Å². The summed E-state index contributed by atoms with van der Waals surface area (Å²) in [6.07, 6.45) is 31.0. The molecule has 0 saturated carbocycles. The monoisotopic (exact) mass is 855 g/mol. The molecule has 342 valence electrons. The van der Waals surface area contributed by atoms with E-state index in [2.05, 4.69) is 26.0 Å². The normalized spacial score (nSPS) is 11.0. The van der Waals surface area contributed by atoms with Gasteiger partial charge in [-0.3, -0.25) is 9.59 Å². The van der Waals surface area contributed by atoms with Gasteiger partial charge in [-0.2, -0.15) is 0 Å². The van der Waals surface area contributed by atoms with Crippen LogP contribution in [0.15, 0.2) is 60.7 Å². The van der Waals surface area contributed by atoms with E-state index in [9.17, 15) is 19.2 Å². The first-order chi connectivity index (χ1) is 30.2. The number of rotatable bonds is 34. The highest BCUT2D eigenvalue weighted by molar-refractivity contribution is 5.90. The Morgan fingerprint density at radius 1 is 0.371 bits per heavy atom. The molecule has 0 amide bonds. The van der Waals surface area contributed by atoms with Crippen molar-refractivity contribution in [1.29, 1.82) is 0 Å². The van der Waals surface area contributed by atoms with Crippen LogP contribution in [-0.2, 0) is 44.7 Å². The van der Waals surface area contributed by atoms with Gasteiger partial charge >= 0.3 is 23.9 Å². The maximum atomic E-state index is 12.5. The molecule has 3 rings (SSSR count). The molecular weight excluding hydrogens is 777 g/mol. The van der Waals surface area contributed by atoms with Crippen LogP contribution in [0.25, 0.3) is 0 Å². The van der Waals surface area contributed by atoms with E-state index < -0.39 is 11.9 Å². The van der Waals surface area contributed by atoms with Crippen LogP contribution in [0.3, 0.4) is 0 Å². The van der Waals surface area contributed by atoms with Crippen LogP contribution >= 0.6 is 0 Å². The fraction of sp³-hybridized carbons (Fsp3) is 0.593. The smallest absolute Gasteiger partial charge is 0.338 e. The zero-order valence-electron chi connectivity index (χ0n) is 38.8. The van der Waals surface area contributed by atoms with Gasteiger partial charge in [-0.1, -0.05) is 129 Å². The third-order valence-electron chi connectivity index (χ3n) is 11.5. The van der Waals surface area contributed by atoms with E-state index in [-0.39, 0.29) is 11.9 Å². The number of benzene rings is 3. The quantitative estimate of drug-likeness (QED) is 0.0332. The molecule has 62 heavy (non-hydrogen) atoms. The van der Waals surface area contributed by atoms with Crippen molar-refractivity contribution >= 4 is 23.9 Å². The molecule has 8 nitrogen and oxygen atoms in total. The van der Waals surface area contributed by atoms with E-state index >= 15 is 0 Å². The molecule has 0 atom stereocenters. The zero-order valence-corrected chi connectivity index (χ0v) is 38.8. The maximum absolute atomic E-state index is 12.5. The summed E-state index contributed by atoms with van der Waals surface area (Å²) in [6.45, 7) is 8.10. The summed E-state index contributed by atoms with van der Waals surface area (Å²) in [5.41, 5.74) is 7.41. The number of esters is 4. The highest BCUT2D eigenvalue weighted by Crippen LogP contribution is 2.28. The van der Waals surface area contributed by atoms with Crippen LogP contribution in [0.5, 0.6) is 11.5 Å². The molecule has 3 aromatic rings. The predicted molar refractivity (Wildman–Crippen MR) is 250 cm³/mol. The molecule has 0 aliphatic heterocycles. The first-order valence-corrected chi connectivity index (χ1v) is 24.3. The van der Waals surface area contributed by atoms with Crippen LogP contribution in [-0.4, -0.2) is 37.1 Å². The van der Waals surface area contributed by atoms with Gasteiger partial charge in [0.2, 0.25) is 0 Å². The standard InChI is InChI=1S/C54H78O8/c1-5-7-9-11-17-23-29-51-45(27-21-10-8-6-2)31-32-46(28-22-16-12-14-19-25-41-59-53(57)47-33-37-49(38-34-47)61-43(3)55)52(51)30-24-18-13-15-20-26-42-60-54(58)48-35-39-50(40-36-48)62-44(4)56/h31-40H,5-30,41-42H2,1-4H3. The summed E-state index contributed by atoms with van der Waals surface area (Å²) >= 11 is 0. The zero-order chi connectivity index (χ0) is 44.6. The molecule has 0 aliphatic rings. The van der Waals surface area contributed by atoms with Crippen LogP contribution in [0.2, 0.25) is 0 Å². The predicted octanol–water partition coefficient (Wildman–Crippen LogP) is 14.0. The number of aryl methyl sites for hydroxylation is 2. The summed E-state index contributed by atoms with van der Waals surface area (Å²) in [5.74, 6) is -0.653. The molecule has 0 unspecified atom stereocenters. The third-order valence-corrected chi connectivity index (χ3v) is 11.5. The lowest BCUT2D eigenvalue weighted by atomic mass is 9.85. The number of carbonyl (C=O) groups excluding carboxylic acids is 4. The van der Waals surface area contributed by atoms with Gasteiger partial charge in [0.25, 0.3) is 0 Å². The maximum Gasteiger partial charge on any atom is 0.338 e. The average Bonchev–Trinajstić information content (AvgIpc) is 3.25. The van der Waals surface area contributed by atoms with Gasteiger partial charge in [0.05, 0.1) is 24.3 Å². The Labute approximate surface area is 374 Å². The highest BCUT2D eigenvalue weighted by atomic mass is 16.5. The van der Waals surface area contributed by atoms with Crippen molar-refractivity contribution in [2.45, 2.75) is 195 Å². The lowest BCUT2D eigenvalue weighted by Crippen LogP contribution is -2.07. The Kier molecular flexibility index (Phi) is 27.0. The fourth-order valence-corrected chi connectivity index (χ4v) is 8.09. The van der Waals surface area contributed by atoms with E-state index in [1.165, 1.54) is 129 Å². The van der Waals surface area contributed by atoms with E-state index in [0.29, 0.717) is 35.8 Å². The lowest BCUT2D eigenvalue weighted by Gasteiger charge is -2.20. The van der Waals surface area contributed by atoms with Gasteiger partial charge in [0.15, 0.2) is 0 Å². The first-order valence-electron chi connectivity index (χ1n) is 24.3. The van der Waals surface area contributed by atoms with Crippen LogP contribution in [0, 0.1) is 0 Å². The minimum atomic E-state index is -0.392. The summed E-state index contributed by atoms with van der Waals surface area (Å²) in [4.78, 5) is 47.2. The molecule has 0 aliphatic carbocycles. The van der Waals surface area contributed by atoms with E-state index in [0.717, 1.165) is 51.4 Å². The second-order valence-electron chi connectivity index (χ2n) is 16.9. The summed E-state index contributed by atoms with van der Waals surface area (Å²) < 4.78 is 21.1. The van der Waals surface area contributed by atoms with Crippen molar-refractivity contribution in [2.24, 2.45) is 0 Å². The molecule has 0 heterocycles. The molecule has 0 radical (unpaired) electrons. The lowest BCUT2D eigenvalue weighted by molar-refractivity contribution is -0.132. The number of unbranched alkanes of at least 4 members (excludes halogenated alkanes) is 18. The first kappa shape index (κ1) is 51.9. The Morgan fingerprint density at radius 2 is 0.677 bits per heavy atom. The summed E-state index contributed by atoms with van der Waals surface area (Å²) in [7, 11) is 0. The molecular formula is C54H78O8. The van der Waals surface area contributed by atoms with Crippen molar-refractivity contribution < 1.29 is 38.1 Å². The molecule has 0 aromatic heterocycles. The summed E-state index contributed by atoms with van der Waals surface area (Å²) in [6, 6.07) is 17.9. The Bertz CT molecular complexity index is 1710. The minimum absolute atomic E-state index is 0.348. The number of ether oxygens (including phenoxy) is 4. The number of hydrogen-bond donors (Lipinski definition) is 0. The second kappa shape index (κ2) is 32.2. The number of carbonyl (C=O) groups is 4. The van der Waals surface area contributed by atoms with Crippen molar-refractivity contribution in [3.05, 3.63) is 94.0 Å². The molecule has 0 fully saturated rings. The van der Waals surface area contributed by atoms with Gasteiger partial charge in [-0.15, -0.1) is 0 Å². The highest BCUT2D eigenvalue weighted by Gasteiger charge is 2.15.